The smallest absolute Gasteiger partial charge is 0.244 e. The molecule has 1 atom stereocenters. The molecule has 17 heavy (non-hydrogen) atoms. The van der Waals surface area contributed by atoms with E-state index in [2.05, 4.69) is 20.7 Å². The van der Waals surface area contributed by atoms with Crippen LogP contribution in [0.4, 0.5) is 11.6 Å². The molecule has 1 unspecified atom stereocenters. The van der Waals surface area contributed by atoms with Crippen LogP contribution in [-0.4, -0.2) is 40.9 Å². The van der Waals surface area contributed by atoms with Gasteiger partial charge in [0.05, 0.1) is 0 Å². The average Bonchev–Trinajstić information content (AvgIpc) is 2.26. The monoisotopic (exact) mass is 238 g/mol. The van der Waals surface area contributed by atoms with Crippen molar-refractivity contribution in [2.75, 3.05) is 24.8 Å². The van der Waals surface area contributed by atoms with E-state index in [0.29, 0.717) is 17.5 Å². The van der Waals surface area contributed by atoms with E-state index in [0.717, 1.165) is 0 Å². The number of nitrogen functional groups attached to an aromatic ring is 1. The molecule has 0 aromatic carbocycles. The van der Waals surface area contributed by atoms with Crippen LogP contribution >= 0.6 is 0 Å². The summed E-state index contributed by atoms with van der Waals surface area (Å²) in [4.78, 5) is 21.4. The van der Waals surface area contributed by atoms with E-state index in [1.165, 1.54) is 4.90 Å². The van der Waals surface area contributed by atoms with E-state index in [-0.39, 0.29) is 11.9 Å². The third kappa shape index (κ3) is 3.56. The maximum Gasteiger partial charge on any atom is 0.244 e. The molecule has 0 aliphatic heterocycles. The average molecular weight is 238 g/mol. The Balaban J connectivity index is 2.81. The minimum absolute atomic E-state index is 0.0245. The summed E-state index contributed by atoms with van der Waals surface area (Å²) in [5.74, 6) is 6.90. The van der Waals surface area contributed by atoms with Crippen molar-refractivity contribution in [2.24, 2.45) is 5.84 Å². The van der Waals surface area contributed by atoms with Gasteiger partial charge >= 0.3 is 0 Å². The molecule has 0 fully saturated rings. The molecule has 0 radical (unpaired) electrons. The lowest BCUT2D eigenvalue weighted by Gasteiger charge is -2.18. The molecule has 7 nitrogen and oxygen atoms in total. The van der Waals surface area contributed by atoms with E-state index in [4.69, 9.17) is 5.84 Å². The topological polar surface area (TPSA) is 96.2 Å². The van der Waals surface area contributed by atoms with E-state index in [1.807, 2.05) is 0 Å². The second-order valence-electron chi connectivity index (χ2n) is 3.93. The van der Waals surface area contributed by atoms with Crippen LogP contribution in [0.15, 0.2) is 6.07 Å². The Morgan fingerprint density at radius 3 is 2.53 bits per heavy atom. The van der Waals surface area contributed by atoms with E-state index in [9.17, 15) is 4.79 Å². The van der Waals surface area contributed by atoms with Gasteiger partial charge in [0.15, 0.2) is 0 Å². The lowest BCUT2D eigenvalue weighted by Crippen LogP contribution is -2.36. The molecular weight excluding hydrogens is 220 g/mol. The predicted octanol–water partition coefficient (Wildman–Crippen LogP) is -0.0408. The van der Waals surface area contributed by atoms with Crippen LogP contribution in [0.5, 0.6) is 0 Å². The lowest BCUT2D eigenvalue weighted by molar-refractivity contribution is -0.129. The molecule has 0 aliphatic carbocycles. The SMILES string of the molecule is Cc1nc(NN)cc(NC(C)C(=O)N(C)C)n1. The molecule has 0 spiro atoms. The fraction of sp³-hybridized carbons (Fsp3) is 0.500. The summed E-state index contributed by atoms with van der Waals surface area (Å²) in [7, 11) is 3.41. The summed E-state index contributed by atoms with van der Waals surface area (Å²) < 4.78 is 0. The summed E-state index contributed by atoms with van der Waals surface area (Å²) >= 11 is 0. The zero-order valence-electron chi connectivity index (χ0n) is 10.5. The number of nitrogens with zero attached hydrogens (tertiary/aromatic N) is 3. The highest BCUT2D eigenvalue weighted by molar-refractivity contribution is 5.83. The van der Waals surface area contributed by atoms with Gasteiger partial charge in [-0.2, -0.15) is 0 Å². The maximum absolute atomic E-state index is 11.7. The molecule has 0 saturated carbocycles. The number of amides is 1. The van der Waals surface area contributed by atoms with Gasteiger partial charge < -0.3 is 15.6 Å². The van der Waals surface area contributed by atoms with Crippen LogP contribution in [0.3, 0.4) is 0 Å². The Morgan fingerprint density at radius 1 is 1.41 bits per heavy atom. The highest BCUT2D eigenvalue weighted by Gasteiger charge is 2.15. The Kier molecular flexibility index (Phi) is 4.22. The summed E-state index contributed by atoms with van der Waals surface area (Å²) in [6.45, 7) is 3.53. The Bertz CT molecular complexity index is 406. The number of anilines is 2. The van der Waals surface area contributed by atoms with Crippen molar-refractivity contribution in [3.63, 3.8) is 0 Å². The first-order valence-electron chi connectivity index (χ1n) is 5.24. The normalized spacial score (nSPS) is 11.8. The van der Waals surface area contributed by atoms with Crippen molar-refractivity contribution in [3.8, 4) is 0 Å². The van der Waals surface area contributed by atoms with Gasteiger partial charge in [0.1, 0.15) is 23.5 Å². The van der Waals surface area contributed by atoms with Crippen LogP contribution in [0, 0.1) is 6.92 Å². The van der Waals surface area contributed by atoms with Gasteiger partial charge in [0.2, 0.25) is 5.91 Å². The molecule has 1 amide bonds. The van der Waals surface area contributed by atoms with E-state index >= 15 is 0 Å². The number of likely N-dealkylation sites (N-methyl/N-ethyl adjacent to an activating group) is 1. The largest absolute Gasteiger partial charge is 0.358 e. The Labute approximate surface area is 100 Å². The van der Waals surface area contributed by atoms with Crippen molar-refractivity contribution in [1.82, 2.24) is 14.9 Å². The molecule has 4 N–H and O–H groups in total. The number of carbonyl (C=O) groups is 1. The Morgan fingerprint density at radius 2 is 2.00 bits per heavy atom. The van der Waals surface area contributed by atoms with Gasteiger partial charge in [0.25, 0.3) is 0 Å². The summed E-state index contributed by atoms with van der Waals surface area (Å²) in [6.07, 6.45) is 0. The lowest BCUT2D eigenvalue weighted by atomic mass is 10.3. The molecule has 0 aliphatic rings. The van der Waals surface area contributed by atoms with E-state index in [1.54, 1.807) is 34.0 Å². The van der Waals surface area contributed by atoms with E-state index < -0.39 is 0 Å². The molecule has 94 valence electrons. The first-order valence-corrected chi connectivity index (χ1v) is 5.24. The van der Waals surface area contributed by atoms with Crippen LogP contribution in [0.25, 0.3) is 0 Å². The molecule has 7 heteroatoms. The first-order chi connectivity index (χ1) is 7.93. The third-order valence-corrected chi connectivity index (χ3v) is 2.16. The zero-order chi connectivity index (χ0) is 13.0. The zero-order valence-corrected chi connectivity index (χ0v) is 10.5. The fourth-order valence-corrected chi connectivity index (χ4v) is 1.39. The molecule has 1 aromatic rings. The number of nitrogens with one attached hydrogen (secondary N) is 2. The van der Waals surface area contributed by atoms with Gasteiger partial charge in [-0.05, 0) is 13.8 Å². The van der Waals surface area contributed by atoms with Crippen LogP contribution in [-0.2, 0) is 4.79 Å². The number of hydrogen-bond donors (Lipinski definition) is 3. The minimum atomic E-state index is -0.357. The quantitative estimate of drug-likeness (QED) is 0.503. The number of nitrogens with two attached hydrogens (primary N) is 1. The molecule has 0 saturated heterocycles. The fourth-order valence-electron chi connectivity index (χ4n) is 1.39. The van der Waals surface area contributed by atoms with Crippen molar-refractivity contribution in [1.29, 1.82) is 0 Å². The second kappa shape index (κ2) is 5.44. The highest BCUT2D eigenvalue weighted by atomic mass is 16.2. The van der Waals surface area contributed by atoms with Crippen molar-refractivity contribution in [2.45, 2.75) is 19.9 Å². The van der Waals surface area contributed by atoms with Gasteiger partial charge in [-0.15, -0.1) is 0 Å². The number of hydrogen-bond acceptors (Lipinski definition) is 6. The van der Waals surface area contributed by atoms with Crippen molar-refractivity contribution in [3.05, 3.63) is 11.9 Å². The minimum Gasteiger partial charge on any atom is -0.358 e. The first kappa shape index (κ1) is 13.2. The van der Waals surface area contributed by atoms with Gasteiger partial charge in [-0.25, -0.2) is 15.8 Å². The summed E-state index contributed by atoms with van der Waals surface area (Å²) in [5, 5.41) is 3.00. The molecule has 1 rings (SSSR count). The van der Waals surface area contributed by atoms with Gasteiger partial charge in [0, 0.05) is 20.2 Å². The molecule has 0 bridgehead atoms. The van der Waals surface area contributed by atoms with Gasteiger partial charge in [-0.1, -0.05) is 0 Å². The van der Waals surface area contributed by atoms with Crippen LogP contribution in [0.1, 0.15) is 12.7 Å². The predicted molar refractivity (Wildman–Crippen MR) is 66.4 cm³/mol. The number of rotatable bonds is 4. The molecular formula is C10H18N6O. The highest BCUT2D eigenvalue weighted by Crippen LogP contribution is 2.11. The number of hydrazine groups is 1. The van der Waals surface area contributed by atoms with Crippen molar-refractivity contribution < 1.29 is 4.79 Å². The number of aromatic nitrogens is 2. The number of carbonyl (C=O) groups excluding carboxylic acids is 1. The van der Waals surface area contributed by atoms with Gasteiger partial charge in [-0.3, -0.25) is 4.79 Å². The van der Waals surface area contributed by atoms with Crippen LogP contribution in [0.2, 0.25) is 0 Å². The number of aryl methyl sites for hydroxylation is 1. The summed E-state index contributed by atoms with van der Waals surface area (Å²) in [6, 6.07) is 1.29. The molecule has 1 aromatic heterocycles. The maximum atomic E-state index is 11.7. The Hall–Kier alpha value is -1.89. The standard InChI is InChI=1S/C10H18N6O/c1-6(10(17)16(3)4)12-8-5-9(15-11)14-7(2)13-8/h5-6H,11H2,1-4H3,(H2,12,13,14,15). The summed E-state index contributed by atoms with van der Waals surface area (Å²) in [5.41, 5.74) is 2.45. The third-order valence-electron chi connectivity index (χ3n) is 2.16. The molecule has 1 heterocycles. The van der Waals surface area contributed by atoms with Crippen molar-refractivity contribution >= 4 is 17.5 Å². The van der Waals surface area contributed by atoms with Crippen LogP contribution < -0.4 is 16.6 Å². The second-order valence-corrected chi connectivity index (χ2v) is 3.93.